The standard InChI is InChI=1S/C15H31N3/c1-15(2,3)18-12-10-17(11-13-18)9-5-4-8-16-14-6-7-14/h14,16H,4-13H2,1-3H3. The highest BCUT2D eigenvalue weighted by Crippen LogP contribution is 2.18. The van der Waals surface area contributed by atoms with Crippen LogP contribution < -0.4 is 5.32 Å². The molecule has 3 nitrogen and oxygen atoms in total. The van der Waals surface area contributed by atoms with Crippen LogP contribution in [0.3, 0.4) is 0 Å². The first-order valence-electron chi connectivity index (χ1n) is 7.76. The lowest BCUT2D eigenvalue weighted by Crippen LogP contribution is -2.53. The molecule has 1 aliphatic heterocycles. The topological polar surface area (TPSA) is 18.5 Å². The predicted molar refractivity (Wildman–Crippen MR) is 78.0 cm³/mol. The molecule has 0 aromatic heterocycles. The van der Waals surface area contributed by atoms with Crippen molar-refractivity contribution in [1.29, 1.82) is 0 Å². The van der Waals surface area contributed by atoms with Crippen molar-refractivity contribution in [1.82, 2.24) is 15.1 Å². The molecule has 0 unspecified atom stereocenters. The van der Waals surface area contributed by atoms with E-state index in [0.29, 0.717) is 5.54 Å². The zero-order valence-corrected chi connectivity index (χ0v) is 12.5. The highest BCUT2D eigenvalue weighted by Gasteiger charge is 2.25. The zero-order valence-electron chi connectivity index (χ0n) is 12.5. The summed E-state index contributed by atoms with van der Waals surface area (Å²) < 4.78 is 0. The fraction of sp³-hybridized carbons (Fsp3) is 1.00. The summed E-state index contributed by atoms with van der Waals surface area (Å²) in [6, 6.07) is 0.875. The van der Waals surface area contributed by atoms with Gasteiger partial charge in [-0.05, 0) is 59.5 Å². The van der Waals surface area contributed by atoms with Gasteiger partial charge >= 0.3 is 0 Å². The number of hydrogen-bond donors (Lipinski definition) is 1. The Kier molecular flexibility index (Phi) is 5.05. The number of nitrogens with zero attached hydrogens (tertiary/aromatic N) is 2. The molecule has 0 amide bonds. The van der Waals surface area contributed by atoms with Crippen molar-refractivity contribution in [3.8, 4) is 0 Å². The van der Waals surface area contributed by atoms with Crippen LogP contribution in [-0.2, 0) is 0 Å². The second-order valence-electron chi connectivity index (χ2n) is 6.94. The first-order chi connectivity index (χ1) is 8.55. The van der Waals surface area contributed by atoms with Crippen molar-refractivity contribution in [3.63, 3.8) is 0 Å². The van der Waals surface area contributed by atoms with Gasteiger partial charge in [0.05, 0.1) is 0 Å². The Morgan fingerprint density at radius 1 is 1.00 bits per heavy atom. The molecule has 2 aliphatic rings. The summed E-state index contributed by atoms with van der Waals surface area (Å²) in [7, 11) is 0. The fourth-order valence-corrected chi connectivity index (χ4v) is 2.70. The molecular weight excluding hydrogens is 222 g/mol. The first kappa shape index (κ1) is 14.3. The normalized spacial score (nSPS) is 23.5. The van der Waals surface area contributed by atoms with E-state index in [-0.39, 0.29) is 0 Å². The molecule has 0 atom stereocenters. The van der Waals surface area contributed by atoms with Gasteiger partial charge in [-0.2, -0.15) is 0 Å². The minimum Gasteiger partial charge on any atom is -0.314 e. The summed E-state index contributed by atoms with van der Waals surface area (Å²) >= 11 is 0. The highest BCUT2D eigenvalue weighted by molar-refractivity contribution is 4.82. The summed E-state index contributed by atoms with van der Waals surface area (Å²) in [6.45, 7) is 14.5. The molecule has 0 aromatic rings. The van der Waals surface area contributed by atoms with E-state index in [0.717, 1.165) is 6.04 Å². The van der Waals surface area contributed by atoms with E-state index in [4.69, 9.17) is 0 Å². The van der Waals surface area contributed by atoms with Crippen LogP contribution >= 0.6 is 0 Å². The van der Waals surface area contributed by atoms with Crippen LogP contribution in [0.1, 0.15) is 46.5 Å². The molecule has 18 heavy (non-hydrogen) atoms. The van der Waals surface area contributed by atoms with Gasteiger partial charge < -0.3 is 10.2 Å². The summed E-state index contributed by atoms with van der Waals surface area (Å²) in [4.78, 5) is 5.25. The molecule has 106 valence electrons. The van der Waals surface area contributed by atoms with E-state index in [1.165, 1.54) is 65.0 Å². The van der Waals surface area contributed by atoms with Crippen molar-refractivity contribution >= 4 is 0 Å². The minimum absolute atomic E-state index is 0.347. The second kappa shape index (κ2) is 6.36. The lowest BCUT2D eigenvalue weighted by molar-refractivity contribution is 0.0617. The lowest BCUT2D eigenvalue weighted by atomic mass is 10.0. The van der Waals surface area contributed by atoms with Crippen molar-refractivity contribution in [2.75, 3.05) is 39.3 Å². The maximum absolute atomic E-state index is 3.59. The maximum atomic E-state index is 3.59. The molecule has 2 rings (SSSR count). The van der Waals surface area contributed by atoms with E-state index in [1.54, 1.807) is 0 Å². The number of nitrogens with one attached hydrogen (secondary N) is 1. The predicted octanol–water partition coefficient (Wildman–Crippen LogP) is 1.93. The Hall–Kier alpha value is -0.120. The monoisotopic (exact) mass is 253 g/mol. The summed E-state index contributed by atoms with van der Waals surface area (Å²) in [6.07, 6.45) is 5.52. The number of hydrogen-bond acceptors (Lipinski definition) is 3. The Morgan fingerprint density at radius 3 is 2.22 bits per heavy atom. The fourth-order valence-electron chi connectivity index (χ4n) is 2.70. The first-order valence-corrected chi connectivity index (χ1v) is 7.76. The molecule has 0 aromatic carbocycles. The maximum Gasteiger partial charge on any atom is 0.0126 e. The average molecular weight is 253 g/mol. The average Bonchev–Trinajstić information content (AvgIpc) is 3.12. The van der Waals surface area contributed by atoms with E-state index in [9.17, 15) is 0 Å². The number of rotatable bonds is 6. The molecule has 3 heteroatoms. The molecule has 0 bridgehead atoms. The van der Waals surface area contributed by atoms with Crippen LogP contribution in [0.25, 0.3) is 0 Å². The second-order valence-corrected chi connectivity index (χ2v) is 6.94. The summed E-state index contributed by atoms with van der Waals surface area (Å²) in [5.41, 5.74) is 0.347. The molecule has 0 radical (unpaired) electrons. The third-order valence-corrected chi connectivity index (χ3v) is 4.23. The summed E-state index contributed by atoms with van der Waals surface area (Å²) in [5.74, 6) is 0. The minimum atomic E-state index is 0.347. The van der Waals surface area contributed by atoms with Crippen LogP contribution in [0.5, 0.6) is 0 Å². The smallest absolute Gasteiger partial charge is 0.0126 e. The number of piperazine rings is 1. The van der Waals surface area contributed by atoms with E-state index in [2.05, 4.69) is 35.9 Å². The largest absolute Gasteiger partial charge is 0.314 e. The van der Waals surface area contributed by atoms with Gasteiger partial charge in [-0.25, -0.2) is 0 Å². The van der Waals surface area contributed by atoms with Crippen molar-refractivity contribution < 1.29 is 0 Å². The zero-order chi connectivity index (χ0) is 13.0. The van der Waals surface area contributed by atoms with Gasteiger partial charge in [0.25, 0.3) is 0 Å². The van der Waals surface area contributed by atoms with Gasteiger partial charge in [-0.15, -0.1) is 0 Å². The van der Waals surface area contributed by atoms with Crippen molar-refractivity contribution in [2.24, 2.45) is 0 Å². The SMILES string of the molecule is CC(C)(C)N1CCN(CCCCNC2CC2)CC1. The van der Waals surface area contributed by atoms with Gasteiger partial charge in [-0.3, -0.25) is 4.90 Å². The summed E-state index contributed by atoms with van der Waals surface area (Å²) in [5, 5.41) is 3.59. The van der Waals surface area contributed by atoms with Crippen LogP contribution in [0.2, 0.25) is 0 Å². The molecule has 1 N–H and O–H groups in total. The molecule has 1 saturated carbocycles. The van der Waals surface area contributed by atoms with Crippen molar-refractivity contribution in [3.05, 3.63) is 0 Å². The van der Waals surface area contributed by atoms with Gasteiger partial charge in [0, 0.05) is 37.8 Å². The van der Waals surface area contributed by atoms with E-state index >= 15 is 0 Å². The van der Waals surface area contributed by atoms with E-state index in [1.807, 2.05) is 0 Å². The van der Waals surface area contributed by atoms with Crippen LogP contribution in [-0.4, -0.2) is 60.6 Å². The lowest BCUT2D eigenvalue weighted by Gasteiger charge is -2.42. The third kappa shape index (κ3) is 4.87. The molecule has 1 saturated heterocycles. The van der Waals surface area contributed by atoms with Gasteiger partial charge in [0.15, 0.2) is 0 Å². The van der Waals surface area contributed by atoms with Crippen LogP contribution in [0.4, 0.5) is 0 Å². The van der Waals surface area contributed by atoms with Crippen LogP contribution in [0, 0.1) is 0 Å². The van der Waals surface area contributed by atoms with Gasteiger partial charge in [0.2, 0.25) is 0 Å². The molecule has 0 spiro atoms. The Labute approximate surface area is 113 Å². The van der Waals surface area contributed by atoms with E-state index < -0.39 is 0 Å². The van der Waals surface area contributed by atoms with Crippen LogP contribution in [0.15, 0.2) is 0 Å². The quantitative estimate of drug-likeness (QED) is 0.730. The Bertz CT molecular complexity index is 235. The molecule has 2 fully saturated rings. The van der Waals surface area contributed by atoms with Crippen molar-refractivity contribution in [2.45, 2.75) is 58.0 Å². The Morgan fingerprint density at radius 2 is 1.67 bits per heavy atom. The third-order valence-electron chi connectivity index (χ3n) is 4.23. The van der Waals surface area contributed by atoms with Gasteiger partial charge in [0.1, 0.15) is 0 Å². The molecule has 1 aliphatic carbocycles. The number of unbranched alkanes of at least 4 members (excludes halogenated alkanes) is 1. The highest BCUT2D eigenvalue weighted by atomic mass is 15.3. The molecule has 1 heterocycles. The molecular formula is C15H31N3. The van der Waals surface area contributed by atoms with Gasteiger partial charge in [-0.1, -0.05) is 0 Å². The Balaban J connectivity index is 1.50.